The zero-order chi connectivity index (χ0) is 8.55. The van der Waals surface area contributed by atoms with Crippen molar-refractivity contribution in [3.8, 4) is 0 Å². The van der Waals surface area contributed by atoms with Crippen molar-refractivity contribution in [2.45, 2.75) is 31.8 Å². The molecule has 2 N–H and O–H groups in total. The molecule has 0 saturated heterocycles. The lowest BCUT2D eigenvalue weighted by molar-refractivity contribution is -0.122. The van der Waals surface area contributed by atoms with Crippen LogP contribution in [0.15, 0.2) is 4.99 Å². The molecule has 66 valence electrons. The van der Waals surface area contributed by atoms with Crippen LogP contribution < -0.4 is 5.73 Å². The van der Waals surface area contributed by atoms with E-state index in [9.17, 15) is 4.79 Å². The molecule has 1 heterocycles. The van der Waals surface area contributed by atoms with Gasteiger partial charge in [0.05, 0.1) is 0 Å². The highest BCUT2D eigenvalue weighted by molar-refractivity contribution is 5.97. The van der Waals surface area contributed by atoms with Gasteiger partial charge < -0.3 is 10.5 Å². The number of amides is 1. The predicted molar refractivity (Wildman–Crippen MR) is 43.5 cm³/mol. The lowest BCUT2D eigenvalue weighted by Crippen LogP contribution is -2.20. The van der Waals surface area contributed by atoms with Gasteiger partial charge in [-0.15, -0.1) is 0 Å². The third-order valence-corrected chi connectivity index (χ3v) is 2.29. The molecule has 1 saturated carbocycles. The molecule has 2 rings (SSSR count). The maximum absolute atomic E-state index is 11.0. The fraction of sp³-hybridized carbons (Fsp3) is 0.750. The second kappa shape index (κ2) is 2.77. The molecule has 0 radical (unpaired) electrons. The monoisotopic (exact) mass is 168 g/mol. The van der Waals surface area contributed by atoms with Crippen molar-refractivity contribution in [1.82, 2.24) is 0 Å². The van der Waals surface area contributed by atoms with Gasteiger partial charge in [0.2, 0.25) is 0 Å². The second-order valence-electron chi connectivity index (χ2n) is 3.42. The van der Waals surface area contributed by atoms with E-state index in [1.54, 1.807) is 0 Å². The van der Waals surface area contributed by atoms with Gasteiger partial charge in [0, 0.05) is 0 Å². The van der Waals surface area contributed by atoms with Gasteiger partial charge in [0.1, 0.15) is 0 Å². The van der Waals surface area contributed by atoms with E-state index in [0.29, 0.717) is 0 Å². The fourth-order valence-electron chi connectivity index (χ4n) is 1.38. The first kappa shape index (κ1) is 7.58. The van der Waals surface area contributed by atoms with Crippen LogP contribution in [0.5, 0.6) is 0 Å². The van der Waals surface area contributed by atoms with Crippen molar-refractivity contribution >= 4 is 11.9 Å². The Morgan fingerprint density at radius 3 is 2.75 bits per heavy atom. The zero-order valence-corrected chi connectivity index (χ0v) is 6.82. The Labute approximate surface area is 70.8 Å². The minimum Gasteiger partial charge on any atom is -0.452 e. The van der Waals surface area contributed by atoms with E-state index in [4.69, 9.17) is 10.5 Å². The molecule has 1 aliphatic carbocycles. The molecule has 1 aliphatic heterocycles. The van der Waals surface area contributed by atoms with E-state index in [1.165, 1.54) is 12.8 Å². The predicted octanol–water partition coefficient (Wildman–Crippen LogP) is 0.417. The van der Waals surface area contributed by atoms with Crippen LogP contribution in [0.2, 0.25) is 0 Å². The molecule has 4 heteroatoms. The first-order valence-corrected chi connectivity index (χ1v) is 4.30. The van der Waals surface area contributed by atoms with Crippen molar-refractivity contribution in [1.29, 1.82) is 0 Å². The summed E-state index contributed by atoms with van der Waals surface area (Å²) in [6.45, 7) is 0. The van der Waals surface area contributed by atoms with Gasteiger partial charge in [-0.2, -0.15) is 4.99 Å². The number of carbonyl (C=O) groups excluding carboxylic acids is 1. The minimum absolute atomic E-state index is 0.0285. The first-order valence-electron chi connectivity index (χ1n) is 4.30. The SMILES string of the molecule is NC1=NC(=O)C(CCC2CC2)O1. The van der Waals surface area contributed by atoms with Gasteiger partial charge >= 0.3 is 0 Å². The first-order chi connectivity index (χ1) is 5.75. The van der Waals surface area contributed by atoms with Crippen LogP contribution in [0.1, 0.15) is 25.7 Å². The van der Waals surface area contributed by atoms with Gasteiger partial charge in [-0.25, -0.2) is 0 Å². The van der Waals surface area contributed by atoms with E-state index < -0.39 is 0 Å². The molecular formula is C8H12N2O2. The second-order valence-corrected chi connectivity index (χ2v) is 3.42. The standard InChI is InChI=1S/C8H12N2O2/c9-8-10-7(11)6(12-8)4-3-5-1-2-5/h5-6H,1-4H2,(H2,9,10,11). The molecule has 4 nitrogen and oxygen atoms in total. The van der Waals surface area contributed by atoms with Crippen LogP contribution in [0.3, 0.4) is 0 Å². The summed E-state index contributed by atoms with van der Waals surface area (Å²) in [5.41, 5.74) is 5.24. The molecule has 1 fully saturated rings. The number of hydrogen-bond donors (Lipinski definition) is 1. The summed E-state index contributed by atoms with van der Waals surface area (Å²) in [5, 5.41) is 0. The molecule has 2 aliphatic rings. The average Bonchev–Trinajstić information content (AvgIpc) is 2.76. The van der Waals surface area contributed by atoms with E-state index in [0.717, 1.165) is 18.8 Å². The number of nitrogens with zero attached hydrogens (tertiary/aromatic N) is 1. The fourth-order valence-corrected chi connectivity index (χ4v) is 1.38. The summed E-state index contributed by atoms with van der Waals surface area (Å²) < 4.78 is 5.03. The summed E-state index contributed by atoms with van der Waals surface area (Å²) in [6, 6.07) is 0.0285. The third kappa shape index (κ3) is 1.57. The Morgan fingerprint density at radius 2 is 2.25 bits per heavy atom. The van der Waals surface area contributed by atoms with Crippen molar-refractivity contribution in [2.24, 2.45) is 16.6 Å². The maximum atomic E-state index is 11.0. The molecule has 12 heavy (non-hydrogen) atoms. The van der Waals surface area contributed by atoms with Gasteiger partial charge in [-0.3, -0.25) is 4.79 Å². The van der Waals surface area contributed by atoms with Crippen molar-refractivity contribution in [3.63, 3.8) is 0 Å². The lowest BCUT2D eigenvalue weighted by Gasteiger charge is -2.06. The van der Waals surface area contributed by atoms with Crippen molar-refractivity contribution in [3.05, 3.63) is 0 Å². The highest BCUT2D eigenvalue weighted by Crippen LogP contribution is 2.34. The Bertz CT molecular complexity index is 233. The Kier molecular flexibility index (Phi) is 1.75. The normalized spacial score (nSPS) is 28.5. The van der Waals surface area contributed by atoms with Crippen LogP contribution in [-0.2, 0) is 9.53 Å². The van der Waals surface area contributed by atoms with Crippen LogP contribution in [0.4, 0.5) is 0 Å². The minimum atomic E-state index is -0.384. The zero-order valence-electron chi connectivity index (χ0n) is 6.82. The summed E-state index contributed by atoms with van der Waals surface area (Å²) in [7, 11) is 0. The van der Waals surface area contributed by atoms with E-state index in [2.05, 4.69) is 4.99 Å². The highest BCUT2D eigenvalue weighted by Gasteiger charge is 2.30. The molecule has 1 atom stereocenters. The largest absolute Gasteiger partial charge is 0.452 e. The Hall–Kier alpha value is -1.06. The van der Waals surface area contributed by atoms with E-state index in [-0.39, 0.29) is 18.0 Å². The Balaban J connectivity index is 1.78. The van der Waals surface area contributed by atoms with Crippen LogP contribution >= 0.6 is 0 Å². The van der Waals surface area contributed by atoms with Gasteiger partial charge in [-0.05, 0) is 18.8 Å². The van der Waals surface area contributed by atoms with Crippen molar-refractivity contribution in [2.75, 3.05) is 0 Å². The summed E-state index contributed by atoms with van der Waals surface area (Å²) in [4.78, 5) is 14.5. The number of hydrogen-bond acceptors (Lipinski definition) is 3. The van der Waals surface area contributed by atoms with Crippen molar-refractivity contribution < 1.29 is 9.53 Å². The smallest absolute Gasteiger partial charge is 0.291 e. The molecular weight excluding hydrogens is 156 g/mol. The number of amidine groups is 1. The van der Waals surface area contributed by atoms with Crippen LogP contribution in [0.25, 0.3) is 0 Å². The number of aliphatic imine (C=N–C) groups is 1. The molecule has 0 bridgehead atoms. The quantitative estimate of drug-likeness (QED) is 0.664. The van der Waals surface area contributed by atoms with Gasteiger partial charge in [0.25, 0.3) is 11.9 Å². The van der Waals surface area contributed by atoms with Crippen LogP contribution in [-0.4, -0.2) is 18.0 Å². The molecule has 0 aromatic carbocycles. The molecule has 1 amide bonds. The van der Waals surface area contributed by atoms with Gasteiger partial charge in [0.15, 0.2) is 6.10 Å². The van der Waals surface area contributed by atoms with E-state index >= 15 is 0 Å². The summed E-state index contributed by atoms with van der Waals surface area (Å²) in [5.74, 6) is 0.608. The van der Waals surface area contributed by atoms with Gasteiger partial charge in [-0.1, -0.05) is 12.8 Å². The lowest BCUT2D eigenvalue weighted by atomic mass is 10.1. The molecule has 0 spiro atoms. The Morgan fingerprint density at radius 1 is 1.50 bits per heavy atom. The van der Waals surface area contributed by atoms with E-state index in [1.807, 2.05) is 0 Å². The summed E-state index contributed by atoms with van der Waals surface area (Å²) in [6.07, 6.45) is 4.06. The number of ether oxygens (including phenoxy) is 1. The molecule has 1 unspecified atom stereocenters. The molecule has 0 aromatic rings. The number of nitrogens with two attached hydrogens (primary N) is 1. The summed E-state index contributed by atoms with van der Waals surface area (Å²) >= 11 is 0. The highest BCUT2D eigenvalue weighted by atomic mass is 16.5. The number of rotatable bonds is 3. The van der Waals surface area contributed by atoms with Crippen LogP contribution in [0, 0.1) is 5.92 Å². The average molecular weight is 168 g/mol. The number of carbonyl (C=O) groups is 1. The maximum Gasteiger partial charge on any atom is 0.291 e. The topological polar surface area (TPSA) is 64.7 Å². The molecule has 0 aromatic heterocycles. The third-order valence-electron chi connectivity index (χ3n) is 2.29.